The maximum atomic E-state index is 13.3. The summed E-state index contributed by atoms with van der Waals surface area (Å²) in [5, 5.41) is 21.2. The summed E-state index contributed by atoms with van der Waals surface area (Å²) in [5.41, 5.74) is 4.13. The third kappa shape index (κ3) is 2.50. The van der Waals surface area contributed by atoms with Crippen molar-refractivity contribution in [1.82, 2.24) is 4.90 Å². The Morgan fingerprint density at radius 2 is 2.11 bits per heavy atom. The van der Waals surface area contributed by atoms with Crippen molar-refractivity contribution in [2.75, 3.05) is 6.54 Å². The van der Waals surface area contributed by atoms with Gasteiger partial charge in [0, 0.05) is 42.8 Å². The number of aliphatic imine (C=N–C) groups is 1. The van der Waals surface area contributed by atoms with Crippen LogP contribution in [0.5, 0.6) is 5.75 Å². The first-order chi connectivity index (χ1) is 13.5. The lowest BCUT2D eigenvalue weighted by Gasteiger charge is -2.38. The molecule has 3 aliphatic rings. The number of benzene rings is 2. The molecule has 2 aliphatic heterocycles. The van der Waals surface area contributed by atoms with Gasteiger partial charge in [-0.2, -0.15) is 0 Å². The van der Waals surface area contributed by atoms with Crippen molar-refractivity contribution in [2.24, 2.45) is 4.99 Å². The van der Waals surface area contributed by atoms with Crippen LogP contribution in [0.3, 0.4) is 0 Å². The van der Waals surface area contributed by atoms with Crippen molar-refractivity contribution in [3.63, 3.8) is 0 Å². The van der Waals surface area contributed by atoms with Crippen molar-refractivity contribution >= 4 is 23.5 Å². The predicted octanol–water partition coefficient (Wildman–Crippen LogP) is 3.50. The summed E-state index contributed by atoms with van der Waals surface area (Å²) in [7, 11) is 0. The third-order valence-corrected chi connectivity index (χ3v) is 6.18. The number of phenolic OH excluding ortho intramolecular Hbond substituents is 1. The van der Waals surface area contributed by atoms with E-state index < -0.39 is 4.92 Å². The molecule has 0 unspecified atom stereocenters. The number of hydrogen-bond donors (Lipinski definition) is 1. The first-order valence-corrected chi connectivity index (χ1v) is 9.49. The SMILES string of the molecule is O=C(c1ccc2c(c1)N=CC2)N1CCC[C@@H]2c3cc(O)c([N+](=O)[O-])cc3C[C@@H]21. The average molecular weight is 377 g/mol. The lowest BCUT2D eigenvalue weighted by molar-refractivity contribution is -0.385. The van der Waals surface area contributed by atoms with Gasteiger partial charge in [-0.05, 0) is 54.2 Å². The normalized spacial score (nSPS) is 21.9. The Bertz CT molecular complexity index is 1050. The van der Waals surface area contributed by atoms with Crippen LogP contribution in [0.15, 0.2) is 35.3 Å². The largest absolute Gasteiger partial charge is 0.502 e. The Morgan fingerprint density at radius 1 is 1.25 bits per heavy atom. The number of aromatic hydroxyl groups is 1. The van der Waals surface area contributed by atoms with Gasteiger partial charge in [0.15, 0.2) is 5.75 Å². The van der Waals surface area contributed by atoms with E-state index in [4.69, 9.17) is 0 Å². The summed E-state index contributed by atoms with van der Waals surface area (Å²) in [4.78, 5) is 30.1. The Labute approximate surface area is 161 Å². The molecular weight excluding hydrogens is 358 g/mol. The van der Waals surface area contributed by atoms with Crippen LogP contribution in [0.25, 0.3) is 0 Å². The molecule has 142 valence electrons. The van der Waals surface area contributed by atoms with Crippen LogP contribution in [0.1, 0.15) is 45.8 Å². The molecule has 0 aromatic heterocycles. The molecule has 28 heavy (non-hydrogen) atoms. The van der Waals surface area contributed by atoms with Crippen LogP contribution < -0.4 is 0 Å². The summed E-state index contributed by atoms with van der Waals surface area (Å²) in [6.45, 7) is 0.669. The molecule has 2 atom stereocenters. The fraction of sp³-hybridized carbons (Fsp3) is 0.333. The third-order valence-electron chi connectivity index (χ3n) is 6.18. The van der Waals surface area contributed by atoms with Crippen molar-refractivity contribution in [1.29, 1.82) is 0 Å². The number of hydrogen-bond acceptors (Lipinski definition) is 5. The number of carbonyl (C=O) groups is 1. The lowest BCUT2D eigenvalue weighted by atomic mass is 9.88. The fourth-order valence-electron chi connectivity index (χ4n) is 4.85. The van der Waals surface area contributed by atoms with E-state index in [0.29, 0.717) is 18.5 Å². The molecule has 2 aromatic carbocycles. The smallest absolute Gasteiger partial charge is 0.310 e. The minimum atomic E-state index is -0.564. The number of likely N-dealkylation sites (tertiary alicyclic amines) is 1. The van der Waals surface area contributed by atoms with Gasteiger partial charge in [-0.1, -0.05) is 6.07 Å². The monoisotopic (exact) mass is 377 g/mol. The summed E-state index contributed by atoms with van der Waals surface area (Å²) in [5.74, 6) is -0.220. The van der Waals surface area contributed by atoms with Gasteiger partial charge in [-0.15, -0.1) is 0 Å². The number of rotatable bonds is 2. The maximum absolute atomic E-state index is 13.3. The molecule has 1 aliphatic carbocycles. The van der Waals surface area contributed by atoms with E-state index in [0.717, 1.165) is 41.6 Å². The Hall–Kier alpha value is -3.22. The molecule has 1 N–H and O–H groups in total. The van der Waals surface area contributed by atoms with Gasteiger partial charge in [0.1, 0.15) is 0 Å². The van der Waals surface area contributed by atoms with E-state index in [-0.39, 0.29) is 29.3 Å². The van der Waals surface area contributed by atoms with Crippen molar-refractivity contribution in [2.45, 2.75) is 37.6 Å². The van der Waals surface area contributed by atoms with Crippen molar-refractivity contribution < 1.29 is 14.8 Å². The van der Waals surface area contributed by atoms with E-state index in [9.17, 15) is 20.0 Å². The number of nitro groups is 1. The summed E-state index contributed by atoms with van der Waals surface area (Å²) < 4.78 is 0. The average Bonchev–Trinajstić information content (AvgIpc) is 3.29. The van der Waals surface area contributed by atoms with Crippen LogP contribution in [-0.2, 0) is 12.8 Å². The van der Waals surface area contributed by atoms with Crippen LogP contribution in [0.4, 0.5) is 11.4 Å². The number of piperidine rings is 1. The number of amides is 1. The number of carbonyl (C=O) groups excluding carboxylic acids is 1. The van der Waals surface area contributed by atoms with Gasteiger partial charge in [0.25, 0.3) is 5.91 Å². The second-order valence-corrected chi connectivity index (χ2v) is 7.67. The van der Waals surface area contributed by atoms with E-state index in [1.54, 1.807) is 0 Å². The molecule has 5 rings (SSSR count). The van der Waals surface area contributed by atoms with E-state index in [2.05, 4.69) is 4.99 Å². The molecule has 1 saturated heterocycles. The minimum Gasteiger partial charge on any atom is -0.502 e. The Kier molecular flexibility index (Phi) is 3.72. The van der Waals surface area contributed by atoms with Crippen LogP contribution in [-0.4, -0.2) is 39.6 Å². The summed E-state index contributed by atoms with van der Waals surface area (Å²) >= 11 is 0. The number of fused-ring (bicyclic) bond motifs is 4. The van der Waals surface area contributed by atoms with Gasteiger partial charge < -0.3 is 10.0 Å². The molecular formula is C21H19N3O4. The zero-order chi connectivity index (χ0) is 19.4. The fourth-order valence-corrected chi connectivity index (χ4v) is 4.85. The number of nitrogens with zero attached hydrogens (tertiary/aromatic N) is 3. The van der Waals surface area contributed by atoms with E-state index in [1.165, 1.54) is 12.1 Å². The highest BCUT2D eigenvalue weighted by Gasteiger charge is 2.42. The number of nitro benzene ring substituents is 1. The minimum absolute atomic E-state index is 0.0221. The van der Waals surface area contributed by atoms with Gasteiger partial charge in [0.05, 0.1) is 10.6 Å². The summed E-state index contributed by atoms with van der Waals surface area (Å²) in [6, 6.07) is 8.63. The second kappa shape index (κ2) is 6.15. The van der Waals surface area contributed by atoms with Crippen molar-refractivity contribution in [3.05, 3.63) is 62.7 Å². The molecule has 1 amide bonds. The first kappa shape index (κ1) is 16.9. The van der Waals surface area contributed by atoms with Gasteiger partial charge >= 0.3 is 5.69 Å². The Balaban J connectivity index is 1.47. The molecule has 1 fully saturated rings. The molecule has 2 heterocycles. The standard InChI is InChI=1S/C21H19N3O4/c25-20-11-16-14(10-19(20)24(27)28)9-18-15(16)2-1-7-23(18)21(26)13-4-3-12-5-6-22-17(12)8-13/h3-4,6,8,10-11,15,18,25H,1-2,5,7,9H2/t15-,18+/m1/s1. The van der Waals surface area contributed by atoms with E-state index >= 15 is 0 Å². The van der Waals surface area contributed by atoms with Crippen molar-refractivity contribution in [3.8, 4) is 5.75 Å². The zero-order valence-corrected chi connectivity index (χ0v) is 15.2. The highest BCUT2D eigenvalue weighted by molar-refractivity contribution is 5.96. The molecule has 7 heteroatoms. The topological polar surface area (TPSA) is 96.0 Å². The number of phenols is 1. The van der Waals surface area contributed by atoms with Crippen LogP contribution in [0.2, 0.25) is 0 Å². The summed E-state index contributed by atoms with van der Waals surface area (Å²) in [6.07, 6.45) is 5.01. The quantitative estimate of drug-likeness (QED) is 0.640. The Morgan fingerprint density at radius 3 is 2.93 bits per heavy atom. The first-order valence-electron chi connectivity index (χ1n) is 9.49. The predicted molar refractivity (Wildman–Crippen MR) is 104 cm³/mol. The molecule has 0 bridgehead atoms. The second-order valence-electron chi connectivity index (χ2n) is 7.67. The molecule has 7 nitrogen and oxygen atoms in total. The van der Waals surface area contributed by atoms with Gasteiger partial charge in [0.2, 0.25) is 0 Å². The highest BCUT2D eigenvalue weighted by atomic mass is 16.6. The maximum Gasteiger partial charge on any atom is 0.310 e. The highest BCUT2D eigenvalue weighted by Crippen LogP contribution is 2.46. The van der Waals surface area contributed by atoms with Crippen LogP contribution >= 0.6 is 0 Å². The lowest BCUT2D eigenvalue weighted by Crippen LogP contribution is -2.46. The van der Waals surface area contributed by atoms with Gasteiger partial charge in [-0.3, -0.25) is 19.9 Å². The zero-order valence-electron chi connectivity index (χ0n) is 15.2. The molecule has 0 saturated carbocycles. The molecule has 2 aromatic rings. The van der Waals surface area contributed by atoms with E-state index in [1.807, 2.05) is 29.3 Å². The molecule has 0 spiro atoms. The molecule has 0 radical (unpaired) electrons. The van der Waals surface area contributed by atoms with Crippen LogP contribution in [0, 0.1) is 10.1 Å². The van der Waals surface area contributed by atoms with Gasteiger partial charge in [-0.25, -0.2) is 0 Å².